The van der Waals surface area contributed by atoms with Crippen molar-refractivity contribution in [2.24, 2.45) is 5.41 Å². The molecule has 1 saturated heterocycles. The molecule has 5 nitrogen and oxygen atoms in total. The minimum atomic E-state index is -2.98. The molecular formula is C12H19N2O3P. The molecule has 0 radical (unpaired) electrons. The maximum Gasteiger partial charge on any atom is 0.270 e. The van der Waals surface area contributed by atoms with E-state index in [-0.39, 0.29) is 5.41 Å². The van der Waals surface area contributed by atoms with Gasteiger partial charge in [-0.2, -0.15) is 9.61 Å². The quantitative estimate of drug-likeness (QED) is 0.820. The van der Waals surface area contributed by atoms with Gasteiger partial charge in [0, 0.05) is 12.0 Å². The highest BCUT2D eigenvalue weighted by Crippen LogP contribution is 2.50. The Balaban J connectivity index is 2.00. The van der Waals surface area contributed by atoms with Gasteiger partial charge in [-0.05, 0) is 24.3 Å². The Morgan fingerprint density at radius 1 is 1.39 bits per heavy atom. The summed E-state index contributed by atoms with van der Waals surface area (Å²) in [6.07, 6.45) is 0. The maximum absolute atomic E-state index is 12.4. The van der Waals surface area contributed by atoms with Gasteiger partial charge in [-0.3, -0.25) is 0 Å². The van der Waals surface area contributed by atoms with Crippen molar-refractivity contribution in [2.75, 3.05) is 25.3 Å². The third-order valence-electron chi connectivity index (χ3n) is 2.77. The van der Waals surface area contributed by atoms with Gasteiger partial charge in [-0.1, -0.05) is 13.8 Å². The zero-order valence-corrected chi connectivity index (χ0v) is 11.8. The average Bonchev–Trinajstić information content (AvgIpc) is 2.35. The van der Waals surface area contributed by atoms with Gasteiger partial charge in [-0.25, -0.2) is 5.09 Å². The van der Waals surface area contributed by atoms with Crippen molar-refractivity contribution < 1.29 is 14.2 Å². The van der Waals surface area contributed by atoms with Crippen molar-refractivity contribution in [3.63, 3.8) is 0 Å². The highest BCUT2D eigenvalue weighted by Gasteiger charge is 2.39. The Morgan fingerprint density at radius 2 is 2.06 bits per heavy atom. The summed E-state index contributed by atoms with van der Waals surface area (Å²) in [6.45, 7) is 5.27. The van der Waals surface area contributed by atoms with E-state index in [9.17, 15) is 4.89 Å². The summed E-state index contributed by atoms with van der Waals surface area (Å²) in [5.41, 5.74) is 0.751. The van der Waals surface area contributed by atoms with Crippen LogP contribution in [0.2, 0.25) is 0 Å². The van der Waals surface area contributed by atoms with E-state index < -0.39 is 8.02 Å². The average molecular weight is 270 g/mol. The van der Waals surface area contributed by atoms with E-state index in [2.05, 4.69) is 24.0 Å². The maximum atomic E-state index is 12.4. The van der Waals surface area contributed by atoms with Crippen molar-refractivity contribution in [3.8, 4) is 5.75 Å². The third kappa shape index (κ3) is 3.33. The molecule has 100 valence electrons. The first-order chi connectivity index (χ1) is 8.42. The highest BCUT2D eigenvalue weighted by molar-refractivity contribution is 7.63. The first kappa shape index (κ1) is 13.6. The number of rotatable bonds is 3. The summed E-state index contributed by atoms with van der Waals surface area (Å²) < 4.78 is 10.5. The molecule has 1 heterocycles. The second-order valence-corrected chi connectivity index (χ2v) is 7.07. The normalized spacial score (nSPS) is 26.7. The summed E-state index contributed by atoms with van der Waals surface area (Å²) in [4.78, 5) is 12.4. The lowest BCUT2D eigenvalue weighted by atomic mass is 9.96. The van der Waals surface area contributed by atoms with Crippen LogP contribution in [0, 0.1) is 5.41 Å². The molecule has 1 aliphatic heterocycles. The van der Waals surface area contributed by atoms with Crippen LogP contribution in [0.1, 0.15) is 13.8 Å². The molecule has 1 unspecified atom stereocenters. The predicted octanol–water partition coefficient (Wildman–Crippen LogP) is 1.79. The zero-order chi connectivity index (χ0) is 13.2. The first-order valence-electron chi connectivity index (χ1n) is 5.85. The Labute approximate surface area is 108 Å². The molecule has 0 amide bonds. The molecule has 1 fully saturated rings. The number of ether oxygens (including phenoxy) is 1. The third-order valence-corrected chi connectivity index (χ3v) is 4.39. The molecule has 1 atom stereocenters. The topological polar surface area (TPSA) is 65.6 Å². The summed E-state index contributed by atoms with van der Waals surface area (Å²) in [6, 6.07) is 7.23. The number of methoxy groups -OCH3 is 1. The van der Waals surface area contributed by atoms with E-state index in [1.165, 1.54) is 0 Å². The Morgan fingerprint density at radius 3 is 2.56 bits per heavy atom. The van der Waals surface area contributed by atoms with Crippen molar-refractivity contribution in [1.82, 2.24) is 5.09 Å². The van der Waals surface area contributed by atoms with Gasteiger partial charge in [-0.15, -0.1) is 0 Å². The van der Waals surface area contributed by atoms with Crippen molar-refractivity contribution in [3.05, 3.63) is 24.3 Å². The van der Waals surface area contributed by atoms with Crippen LogP contribution in [0.3, 0.4) is 0 Å². The predicted molar refractivity (Wildman–Crippen MR) is 71.3 cm³/mol. The van der Waals surface area contributed by atoms with Crippen molar-refractivity contribution >= 4 is 13.7 Å². The summed E-state index contributed by atoms with van der Waals surface area (Å²) in [5.74, 6) is 0.762. The molecular weight excluding hydrogens is 251 g/mol. The van der Waals surface area contributed by atoms with Gasteiger partial charge in [0.25, 0.3) is 8.02 Å². The molecule has 1 aliphatic rings. The van der Waals surface area contributed by atoms with Crippen molar-refractivity contribution in [1.29, 1.82) is 0 Å². The fraction of sp³-hybridized carbons (Fsp3) is 0.500. The molecule has 0 aromatic heterocycles. The number of nitrogens with one attached hydrogen (secondary N) is 2. The Hall–Kier alpha value is -0.870. The molecule has 18 heavy (non-hydrogen) atoms. The number of anilines is 1. The summed E-state index contributed by atoms with van der Waals surface area (Å²) in [5, 5.41) is 5.87. The number of hydrogen-bond acceptors (Lipinski definition) is 5. The van der Waals surface area contributed by atoms with Gasteiger partial charge < -0.3 is 9.63 Å². The van der Waals surface area contributed by atoms with Gasteiger partial charge in [0.2, 0.25) is 0 Å². The molecule has 0 spiro atoms. The van der Waals surface area contributed by atoms with Gasteiger partial charge in [0.1, 0.15) is 12.4 Å². The van der Waals surface area contributed by atoms with E-state index in [1.807, 2.05) is 24.3 Å². The van der Waals surface area contributed by atoms with Gasteiger partial charge >= 0.3 is 0 Å². The standard InChI is InChI=1S/C12H19N2O3P/c1-12(2)8-13-18(15,17-9-12)14-10-4-6-11(16-3)7-5-10/h4-7H,8-9H2,1-3H3,(H2,13,14,15). The molecule has 2 rings (SSSR count). The zero-order valence-electron chi connectivity index (χ0n) is 10.9. The number of hydrogen-bond donors (Lipinski definition) is 2. The molecule has 2 N–H and O–H groups in total. The minimum Gasteiger partial charge on any atom is -0.622 e. The molecule has 0 aliphatic carbocycles. The highest BCUT2D eigenvalue weighted by atomic mass is 31.2. The van der Waals surface area contributed by atoms with Crippen LogP contribution in [-0.4, -0.2) is 20.3 Å². The SMILES string of the molecule is COc1ccc(N[P+]2([O-])NCC(C)(C)CO2)cc1. The smallest absolute Gasteiger partial charge is 0.270 e. The van der Waals surface area contributed by atoms with E-state index in [4.69, 9.17) is 9.26 Å². The second kappa shape index (κ2) is 5.02. The Bertz CT molecular complexity index is 398. The van der Waals surface area contributed by atoms with Crippen LogP contribution in [-0.2, 0) is 4.52 Å². The van der Waals surface area contributed by atoms with Crippen molar-refractivity contribution in [2.45, 2.75) is 13.8 Å². The van der Waals surface area contributed by atoms with Crippen LogP contribution in [0.4, 0.5) is 5.69 Å². The lowest BCUT2D eigenvalue weighted by Crippen LogP contribution is -2.46. The summed E-state index contributed by atoms with van der Waals surface area (Å²) >= 11 is 0. The van der Waals surface area contributed by atoms with Gasteiger partial charge in [0.05, 0.1) is 12.8 Å². The largest absolute Gasteiger partial charge is 0.622 e. The molecule has 1 aromatic rings. The number of benzene rings is 1. The minimum absolute atomic E-state index is 0.00942. The van der Waals surface area contributed by atoms with Crippen LogP contribution < -0.4 is 19.8 Å². The van der Waals surface area contributed by atoms with Crippen LogP contribution in [0.25, 0.3) is 0 Å². The lowest BCUT2D eigenvalue weighted by molar-refractivity contribution is -0.201. The molecule has 0 saturated carbocycles. The van der Waals surface area contributed by atoms with Crippen LogP contribution in [0.5, 0.6) is 5.75 Å². The lowest BCUT2D eigenvalue weighted by Gasteiger charge is -2.39. The van der Waals surface area contributed by atoms with E-state index in [1.54, 1.807) is 7.11 Å². The van der Waals surface area contributed by atoms with Crippen LogP contribution in [0.15, 0.2) is 24.3 Å². The fourth-order valence-electron chi connectivity index (χ4n) is 1.59. The molecule has 1 aromatic carbocycles. The first-order valence-corrected chi connectivity index (χ1v) is 7.47. The van der Waals surface area contributed by atoms with Crippen LogP contribution >= 0.6 is 8.02 Å². The van der Waals surface area contributed by atoms with E-state index >= 15 is 0 Å². The van der Waals surface area contributed by atoms with E-state index in [0.717, 1.165) is 11.4 Å². The fourth-order valence-corrected chi connectivity index (χ4v) is 3.48. The second-order valence-electron chi connectivity index (χ2n) is 5.16. The van der Waals surface area contributed by atoms with Gasteiger partial charge in [0.15, 0.2) is 0 Å². The Kier molecular flexibility index (Phi) is 3.78. The van der Waals surface area contributed by atoms with E-state index in [0.29, 0.717) is 13.2 Å². The summed E-state index contributed by atoms with van der Waals surface area (Å²) in [7, 11) is -1.37. The monoisotopic (exact) mass is 270 g/mol. The molecule has 0 bridgehead atoms. The molecule has 6 heteroatoms.